The van der Waals surface area contributed by atoms with Crippen molar-refractivity contribution in [2.24, 2.45) is 0 Å². The number of pyridine rings is 1. The van der Waals surface area contributed by atoms with Gasteiger partial charge in [-0.05, 0) is 39.8 Å². The number of hydrogen-bond donors (Lipinski definition) is 2. The van der Waals surface area contributed by atoms with Gasteiger partial charge in [0.1, 0.15) is 5.60 Å². The Bertz CT molecular complexity index is 555. The fraction of sp³-hybridized carbons (Fsp3) is 0.533. The lowest BCUT2D eigenvalue weighted by molar-refractivity contribution is -0.155. The van der Waals surface area contributed by atoms with Crippen molar-refractivity contribution in [3.63, 3.8) is 0 Å². The topological polar surface area (TPSA) is 88.5 Å². The number of aromatic hydroxyl groups is 1. The van der Waals surface area contributed by atoms with Crippen molar-refractivity contribution >= 4 is 11.8 Å². The van der Waals surface area contributed by atoms with E-state index in [9.17, 15) is 14.0 Å². The molecule has 0 spiro atoms. The van der Waals surface area contributed by atoms with E-state index in [1.807, 2.05) is 6.92 Å². The third kappa shape index (κ3) is 5.07. The molecule has 1 unspecified atom stereocenters. The smallest absolute Gasteiger partial charge is 0.331 e. The number of aromatic nitrogens is 1. The molecule has 0 bridgehead atoms. The highest BCUT2D eigenvalue weighted by Crippen LogP contribution is 2.15. The van der Waals surface area contributed by atoms with Crippen molar-refractivity contribution in [2.75, 3.05) is 6.54 Å². The summed E-state index contributed by atoms with van der Waals surface area (Å²) in [4.78, 5) is 27.9. The van der Waals surface area contributed by atoms with Gasteiger partial charge in [-0.2, -0.15) is 0 Å². The standard InChI is InChI=1S/C15H21FN2O4/c1-5-6-17-11(14(21)22-15(2,3)4)12(19)9-7-10(16)13(20)18-8-9/h7-8,11,17H,5-6H2,1-4H3,(H,18,20). The molecule has 22 heavy (non-hydrogen) atoms. The lowest BCUT2D eigenvalue weighted by Gasteiger charge is -2.24. The third-order valence-electron chi connectivity index (χ3n) is 2.61. The molecule has 0 amide bonds. The van der Waals surface area contributed by atoms with Gasteiger partial charge in [0, 0.05) is 11.8 Å². The molecule has 7 heteroatoms. The first-order valence-corrected chi connectivity index (χ1v) is 7.00. The zero-order valence-electron chi connectivity index (χ0n) is 13.1. The molecule has 1 aromatic heterocycles. The first-order valence-electron chi connectivity index (χ1n) is 7.00. The first-order chi connectivity index (χ1) is 10.2. The van der Waals surface area contributed by atoms with Gasteiger partial charge in [0.15, 0.2) is 17.6 Å². The van der Waals surface area contributed by atoms with E-state index in [1.165, 1.54) is 0 Å². The molecule has 1 heterocycles. The summed E-state index contributed by atoms with van der Waals surface area (Å²) in [6.07, 6.45) is 1.72. The first kappa shape index (κ1) is 18.0. The second kappa shape index (κ2) is 7.31. The molecule has 0 fully saturated rings. The van der Waals surface area contributed by atoms with Crippen molar-refractivity contribution in [1.29, 1.82) is 0 Å². The zero-order valence-corrected chi connectivity index (χ0v) is 13.1. The Labute approximate surface area is 128 Å². The van der Waals surface area contributed by atoms with Crippen LogP contribution >= 0.6 is 0 Å². The van der Waals surface area contributed by atoms with Gasteiger partial charge in [0.2, 0.25) is 5.88 Å². The maximum absolute atomic E-state index is 13.3. The van der Waals surface area contributed by atoms with Crippen LogP contribution in [0.2, 0.25) is 0 Å². The zero-order chi connectivity index (χ0) is 16.9. The van der Waals surface area contributed by atoms with E-state index in [0.717, 1.165) is 12.3 Å². The highest BCUT2D eigenvalue weighted by atomic mass is 19.1. The summed E-state index contributed by atoms with van der Waals surface area (Å²) in [7, 11) is 0. The number of carbonyl (C=O) groups is 2. The van der Waals surface area contributed by atoms with Gasteiger partial charge >= 0.3 is 5.97 Å². The number of halogens is 1. The normalized spacial score (nSPS) is 12.8. The van der Waals surface area contributed by atoms with Crippen LogP contribution in [0.3, 0.4) is 0 Å². The van der Waals surface area contributed by atoms with Gasteiger partial charge < -0.3 is 9.84 Å². The van der Waals surface area contributed by atoms with Crippen LogP contribution in [0.4, 0.5) is 4.39 Å². The molecule has 1 aromatic rings. The molecular formula is C15H21FN2O4. The number of rotatable bonds is 6. The minimum absolute atomic E-state index is 0.116. The summed E-state index contributed by atoms with van der Waals surface area (Å²) in [6.45, 7) is 7.37. The average Bonchev–Trinajstić information content (AvgIpc) is 2.40. The summed E-state index contributed by atoms with van der Waals surface area (Å²) in [5.41, 5.74) is -0.864. The number of ketones is 1. The second-order valence-electron chi connectivity index (χ2n) is 5.81. The SMILES string of the molecule is CCCNC(C(=O)OC(C)(C)C)C(=O)c1cnc(O)c(F)c1. The molecule has 0 aliphatic carbocycles. The molecule has 0 saturated heterocycles. The van der Waals surface area contributed by atoms with Gasteiger partial charge in [-0.25, -0.2) is 14.2 Å². The minimum Gasteiger partial charge on any atom is -0.491 e. The van der Waals surface area contributed by atoms with Crippen LogP contribution in [0.1, 0.15) is 44.5 Å². The summed E-state index contributed by atoms with van der Waals surface area (Å²) in [6, 6.07) is -0.403. The third-order valence-corrected chi connectivity index (χ3v) is 2.61. The van der Waals surface area contributed by atoms with Crippen molar-refractivity contribution < 1.29 is 23.8 Å². The van der Waals surface area contributed by atoms with Gasteiger partial charge in [-0.3, -0.25) is 10.1 Å². The lowest BCUT2D eigenvalue weighted by Crippen LogP contribution is -2.47. The van der Waals surface area contributed by atoms with Crippen LogP contribution in [0.5, 0.6) is 5.88 Å². The number of hydrogen-bond acceptors (Lipinski definition) is 6. The highest BCUT2D eigenvalue weighted by molar-refractivity contribution is 6.12. The predicted molar refractivity (Wildman–Crippen MR) is 78.1 cm³/mol. The van der Waals surface area contributed by atoms with Crippen LogP contribution in [-0.2, 0) is 9.53 Å². The monoisotopic (exact) mass is 312 g/mol. The van der Waals surface area contributed by atoms with Gasteiger partial charge in [-0.15, -0.1) is 0 Å². The predicted octanol–water partition coefficient (Wildman–Crippen LogP) is 1.82. The van der Waals surface area contributed by atoms with Gasteiger partial charge in [0.25, 0.3) is 0 Å². The summed E-state index contributed by atoms with van der Waals surface area (Å²) >= 11 is 0. The van der Waals surface area contributed by atoms with Crippen molar-refractivity contribution in [1.82, 2.24) is 10.3 Å². The number of nitrogens with one attached hydrogen (secondary N) is 1. The molecule has 2 N–H and O–H groups in total. The van der Waals surface area contributed by atoms with E-state index in [4.69, 9.17) is 9.84 Å². The number of Topliss-reactive ketones (excluding diaryl/α,β-unsaturated/α-hetero) is 1. The Morgan fingerprint density at radius 1 is 1.45 bits per heavy atom. The Balaban J connectivity index is 3.01. The number of carbonyl (C=O) groups excluding carboxylic acids is 2. The molecule has 0 aliphatic rings. The number of ether oxygens (including phenoxy) is 1. The van der Waals surface area contributed by atoms with Crippen LogP contribution in [0.25, 0.3) is 0 Å². The van der Waals surface area contributed by atoms with E-state index in [0.29, 0.717) is 13.0 Å². The van der Waals surface area contributed by atoms with Crippen LogP contribution in [0, 0.1) is 5.82 Å². The molecule has 122 valence electrons. The molecule has 0 radical (unpaired) electrons. The van der Waals surface area contributed by atoms with Crippen molar-refractivity contribution in [3.8, 4) is 5.88 Å². The number of esters is 1. The van der Waals surface area contributed by atoms with Crippen molar-refractivity contribution in [2.45, 2.75) is 45.8 Å². The van der Waals surface area contributed by atoms with E-state index >= 15 is 0 Å². The average molecular weight is 312 g/mol. The van der Waals surface area contributed by atoms with E-state index in [2.05, 4.69) is 10.3 Å². The van der Waals surface area contributed by atoms with Crippen LogP contribution < -0.4 is 5.32 Å². The van der Waals surface area contributed by atoms with E-state index in [-0.39, 0.29) is 5.56 Å². The highest BCUT2D eigenvalue weighted by Gasteiger charge is 2.32. The fourth-order valence-electron chi connectivity index (χ4n) is 1.66. The van der Waals surface area contributed by atoms with Crippen LogP contribution in [0.15, 0.2) is 12.3 Å². The molecule has 1 atom stereocenters. The van der Waals surface area contributed by atoms with Gasteiger partial charge in [0.05, 0.1) is 0 Å². The molecule has 0 aliphatic heterocycles. The summed E-state index contributed by atoms with van der Waals surface area (Å²) < 4.78 is 18.5. The van der Waals surface area contributed by atoms with Crippen molar-refractivity contribution in [3.05, 3.63) is 23.6 Å². The lowest BCUT2D eigenvalue weighted by atomic mass is 10.1. The quantitative estimate of drug-likeness (QED) is 0.473. The maximum atomic E-state index is 13.3. The summed E-state index contributed by atoms with van der Waals surface area (Å²) in [5.74, 6) is -3.22. The molecule has 0 aromatic carbocycles. The Morgan fingerprint density at radius 2 is 2.09 bits per heavy atom. The minimum atomic E-state index is -1.25. The molecule has 1 rings (SSSR count). The van der Waals surface area contributed by atoms with E-state index < -0.39 is 35.1 Å². The summed E-state index contributed by atoms with van der Waals surface area (Å²) in [5, 5.41) is 11.9. The Morgan fingerprint density at radius 3 is 2.59 bits per heavy atom. The molecule has 6 nitrogen and oxygen atoms in total. The number of nitrogens with zero attached hydrogens (tertiary/aromatic N) is 1. The maximum Gasteiger partial charge on any atom is 0.331 e. The largest absolute Gasteiger partial charge is 0.491 e. The van der Waals surface area contributed by atoms with E-state index in [1.54, 1.807) is 20.8 Å². The fourth-order valence-corrected chi connectivity index (χ4v) is 1.66. The van der Waals surface area contributed by atoms with Gasteiger partial charge in [-0.1, -0.05) is 6.92 Å². The Kier molecular flexibility index (Phi) is 5.99. The Hall–Kier alpha value is -2.02. The van der Waals surface area contributed by atoms with Crippen LogP contribution in [-0.4, -0.2) is 40.0 Å². The molecular weight excluding hydrogens is 291 g/mol. The molecule has 0 saturated carbocycles. The second-order valence-corrected chi connectivity index (χ2v) is 5.81.